The van der Waals surface area contributed by atoms with Crippen LogP contribution in [0.4, 0.5) is 5.69 Å². The predicted molar refractivity (Wildman–Crippen MR) is 97.5 cm³/mol. The van der Waals surface area contributed by atoms with Gasteiger partial charge in [-0.1, -0.05) is 0 Å². The average Bonchev–Trinajstić information content (AvgIpc) is 2.61. The molecule has 0 fully saturated rings. The van der Waals surface area contributed by atoms with Crippen LogP contribution >= 0.6 is 15.9 Å². The highest BCUT2D eigenvalue weighted by atomic mass is 79.9. The molecule has 2 amide bonds. The molecule has 1 aliphatic rings. The first-order valence-electron chi connectivity index (χ1n) is 7.68. The Morgan fingerprint density at radius 3 is 2.24 bits per heavy atom. The van der Waals surface area contributed by atoms with Gasteiger partial charge < -0.3 is 19.7 Å². The number of benzene rings is 2. The minimum Gasteiger partial charge on any atom is -0.486 e. The van der Waals surface area contributed by atoms with Crippen molar-refractivity contribution >= 4 is 33.4 Å². The van der Waals surface area contributed by atoms with E-state index in [1.807, 2.05) is 0 Å². The average molecular weight is 405 g/mol. The molecule has 1 aliphatic heterocycles. The number of ether oxygens (including phenoxy) is 2. The van der Waals surface area contributed by atoms with Crippen molar-refractivity contribution in [2.75, 3.05) is 32.6 Å². The lowest BCUT2D eigenvalue weighted by Crippen LogP contribution is -2.21. The van der Waals surface area contributed by atoms with Crippen LogP contribution in [0, 0.1) is 0 Å². The van der Waals surface area contributed by atoms with E-state index in [1.54, 1.807) is 50.5 Å². The van der Waals surface area contributed by atoms with Crippen molar-refractivity contribution < 1.29 is 19.1 Å². The smallest absolute Gasteiger partial charge is 0.256 e. The van der Waals surface area contributed by atoms with Gasteiger partial charge in [0.2, 0.25) is 0 Å². The van der Waals surface area contributed by atoms with Crippen molar-refractivity contribution in [1.29, 1.82) is 0 Å². The molecule has 0 atom stereocenters. The molecular weight excluding hydrogens is 388 g/mol. The minimum absolute atomic E-state index is 0.0903. The maximum absolute atomic E-state index is 12.5. The summed E-state index contributed by atoms with van der Waals surface area (Å²) in [6.45, 7) is 0.945. The summed E-state index contributed by atoms with van der Waals surface area (Å²) in [4.78, 5) is 25.9. The number of carbonyl (C=O) groups excluding carboxylic acids is 2. The Labute approximate surface area is 153 Å². The fourth-order valence-electron chi connectivity index (χ4n) is 2.39. The van der Waals surface area contributed by atoms with Gasteiger partial charge in [-0.2, -0.15) is 0 Å². The first-order chi connectivity index (χ1) is 12.0. The van der Waals surface area contributed by atoms with Crippen molar-refractivity contribution in [1.82, 2.24) is 4.90 Å². The summed E-state index contributed by atoms with van der Waals surface area (Å²) in [5.74, 6) is 0.788. The molecule has 0 saturated heterocycles. The quantitative estimate of drug-likeness (QED) is 0.852. The Bertz CT molecular complexity index is 819. The second-order valence-corrected chi connectivity index (χ2v) is 6.56. The molecule has 25 heavy (non-hydrogen) atoms. The molecule has 0 bridgehead atoms. The summed E-state index contributed by atoms with van der Waals surface area (Å²) in [7, 11) is 3.38. The molecule has 0 unspecified atom stereocenters. The topological polar surface area (TPSA) is 67.9 Å². The molecular formula is C18H17BrN2O4. The molecule has 0 spiro atoms. The summed E-state index contributed by atoms with van der Waals surface area (Å²) in [5, 5.41) is 2.81. The zero-order chi connectivity index (χ0) is 18.0. The van der Waals surface area contributed by atoms with Gasteiger partial charge in [0.1, 0.15) is 13.2 Å². The van der Waals surface area contributed by atoms with E-state index in [-0.39, 0.29) is 11.8 Å². The van der Waals surface area contributed by atoms with Gasteiger partial charge >= 0.3 is 0 Å². The number of carbonyl (C=O) groups is 2. The van der Waals surface area contributed by atoms with E-state index in [2.05, 4.69) is 21.2 Å². The van der Waals surface area contributed by atoms with Crippen LogP contribution in [0.3, 0.4) is 0 Å². The Morgan fingerprint density at radius 2 is 1.64 bits per heavy atom. The number of hydrogen-bond donors (Lipinski definition) is 1. The minimum atomic E-state index is -0.282. The number of hydrogen-bond acceptors (Lipinski definition) is 4. The van der Waals surface area contributed by atoms with Crippen molar-refractivity contribution in [2.45, 2.75) is 0 Å². The van der Waals surface area contributed by atoms with Crippen LogP contribution in [0.1, 0.15) is 20.7 Å². The summed E-state index contributed by atoms with van der Waals surface area (Å²) in [6.07, 6.45) is 0. The number of rotatable bonds is 3. The number of anilines is 1. The van der Waals surface area contributed by atoms with E-state index in [1.165, 1.54) is 4.90 Å². The van der Waals surface area contributed by atoms with E-state index in [4.69, 9.17) is 9.47 Å². The molecule has 0 aromatic heterocycles. The van der Waals surface area contributed by atoms with Crippen LogP contribution in [0.25, 0.3) is 0 Å². The molecule has 1 N–H and O–H groups in total. The highest BCUT2D eigenvalue weighted by molar-refractivity contribution is 9.10. The fraction of sp³-hybridized carbons (Fsp3) is 0.222. The van der Waals surface area contributed by atoms with Gasteiger partial charge in [-0.15, -0.1) is 0 Å². The van der Waals surface area contributed by atoms with Gasteiger partial charge in [0.05, 0.1) is 5.56 Å². The summed E-state index contributed by atoms with van der Waals surface area (Å²) in [5.41, 5.74) is 1.60. The first-order valence-corrected chi connectivity index (χ1v) is 8.47. The van der Waals surface area contributed by atoms with Crippen LogP contribution in [0.15, 0.2) is 40.9 Å². The third-order valence-electron chi connectivity index (χ3n) is 3.67. The van der Waals surface area contributed by atoms with Gasteiger partial charge in [-0.05, 0) is 52.3 Å². The Morgan fingerprint density at radius 1 is 1.04 bits per heavy atom. The molecule has 2 aromatic carbocycles. The Hall–Kier alpha value is -2.54. The summed E-state index contributed by atoms with van der Waals surface area (Å²) in [6, 6.07) is 10.1. The molecule has 0 aliphatic carbocycles. The second-order valence-electron chi connectivity index (χ2n) is 5.71. The largest absolute Gasteiger partial charge is 0.486 e. The van der Waals surface area contributed by atoms with Crippen LogP contribution in [0.2, 0.25) is 0 Å². The van der Waals surface area contributed by atoms with E-state index in [0.29, 0.717) is 46.0 Å². The number of nitrogens with zero attached hydrogens (tertiary/aromatic N) is 1. The van der Waals surface area contributed by atoms with Gasteiger partial charge in [0.15, 0.2) is 11.5 Å². The van der Waals surface area contributed by atoms with E-state index in [9.17, 15) is 9.59 Å². The maximum Gasteiger partial charge on any atom is 0.256 e. The Balaban J connectivity index is 1.77. The number of nitrogens with one attached hydrogen (secondary N) is 1. The zero-order valence-electron chi connectivity index (χ0n) is 13.8. The highest BCUT2D eigenvalue weighted by Crippen LogP contribution is 2.35. The monoisotopic (exact) mass is 404 g/mol. The molecule has 7 heteroatoms. The van der Waals surface area contributed by atoms with Crippen LogP contribution in [-0.2, 0) is 0 Å². The van der Waals surface area contributed by atoms with Crippen LogP contribution in [-0.4, -0.2) is 44.0 Å². The summed E-state index contributed by atoms with van der Waals surface area (Å²) >= 11 is 3.39. The standard InChI is InChI=1S/C18H17BrN2O4/c1-21(2)18(23)11-3-5-12(6-4-11)20-17(22)13-9-15-16(10-14(13)19)25-8-7-24-15/h3-6,9-10H,7-8H2,1-2H3,(H,20,22). The lowest BCUT2D eigenvalue weighted by Gasteiger charge is -2.19. The molecule has 6 nitrogen and oxygen atoms in total. The van der Waals surface area contributed by atoms with Crippen molar-refractivity contribution in [3.63, 3.8) is 0 Å². The molecule has 0 saturated carbocycles. The third kappa shape index (κ3) is 3.76. The maximum atomic E-state index is 12.5. The second kappa shape index (κ2) is 7.14. The third-order valence-corrected chi connectivity index (χ3v) is 4.33. The van der Waals surface area contributed by atoms with Gasteiger partial charge in [-0.25, -0.2) is 0 Å². The fourth-order valence-corrected chi connectivity index (χ4v) is 2.89. The van der Waals surface area contributed by atoms with Gasteiger partial charge in [-0.3, -0.25) is 9.59 Å². The van der Waals surface area contributed by atoms with E-state index in [0.717, 1.165) is 0 Å². The lowest BCUT2D eigenvalue weighted by atomic mass is 10.1. The predicted octanol–water partition coefficient (Wildman–Crippen LogP) is 3.17. The van der Waals surface area contributed by atoms with Gasteiger partial charge in [0, 0.05) is 29.8 Å². The number of fused-ring (bicyclic) bond motifs is 1. The van der Waals surface area contributed by atoms with Crippen molar-refractivity contribution in [3.05, 3.63) is 52.0 Å². The molecule has 130 valence electrons. The number of amides is 2. The normalized spacial score (nSPS) is 12.4. The van der Waals surface area contributed by atoms with E-state index < -0.39 is 0 Å². The van der Waals surface area contributed by atoms with Gasteiger partial charge in [0.25, 0.3) is 11.8 Å². The molecule has 3 rings (SSSR count). The van der Waals surface area contributed by atoms with Crippen molar-refractivity contribution in [2.24, 2.45) is 0 Å². The lowest BCUT2D eigenvalue weighted by molar-refractivity contribution is 0.0827. The van der Waals surface area contributed by atoms with Crippen LogP contribution < -0.4 is 14.8 Å². The first kappa shape index (κ1) is 17.3. The molecule has 2 aromatic rings. The summed E-state index contributed by atoms with van der Waals surface area (Å²) < 4.78 is 11.6. The van der Waals surface area contributed by atoms with Crippen molar-refractivity contribution in [3.8, 4) is 11.5 Å². The molecule has 1 heterocycles. The SMILES string of the molecule is CN(C)C(=O)c1ccc(NC(=O)c2cc3c(cc2Br)OCCO3)cc1. The van der Waals surface area contributed by atoms with E-state index >= 15 is 0 Å². The Kier molecular flexibility index (Phi) is 4.94. The number of halogens is 1. The zero-order valence-corrected chi connectivity index (χ0v) is 15.4. The highest BCUT2D eigenvalue weighted by Gasteiger charge is 2.19. The molecule has 0 radical (unpaired) electrons. The van der Waals surface area contributed by atoms with Crippen LogP contribution in [0.5, 0.6) is 11.5 Å².